The van der Waals surface area contributed by atoms with E-state index in [2.05, 4.69) is 15.1 Å². The summed E-state index contributed by atoms with van der Waals surface area (Å²) in [5.74, 6) is -0.00152. The van der Waals surface area contributed by atoms with E-state index in [4.69, 9.17) is 16.3 Å². The van der Waals surface area contributed by atoms with Crippen LogP contribution >= 0.6 is 11.6 Å². The van der Waals surface area contributed by atoms with Gasteiger partial charge in [-0.05, 0) is 35.9 Å². The molecule has 0 spiro atoms. The Balaban J connectivity index is 2.09. The number of ether oxygens (including phenoxy) is 1. The van der Waals surface area contributed by atoms with Crippen LogP contribution in [0, 0.1) is 0 Å². The predicted molar refractivity (Wildman–Crippen MR) is 95.3 cm³/mol. The molecule has 3 rings (SSSR count). The summed E-state index contributed by atoms with van der Waals surface area (Å²) in [5.41, 5.74) is -0.204. The highest BCUT2D eigenvalue weighted by Crippen LogP contribution is 2.30. The van der Waals surface area contributed by atoms with Crippen LogP contribution in [-0.2, 0) is 0 Å². The normalized spacial score (nSPS) is 13.0. The number of aromatic amines is 1. The molecule has 26 heavy (non-hydrogen) atoms. The van der Waals surface area contributed by atoms with Crippen molar-refractivity contribution in [3.05, 3.63) is 63.0 Å². The molecule has 4 N–H and O–H groups in total. The third-order valence-corrected chi connectivity index (χ3v) is 4.02. The summed E-state index contributed by atoms with van der Waals surface area (Å²) in [7, 11) is 1.35. The fourth-order valence-electron chi connectivity index (χ4n) is 2.49. The number of oxime groups is 1. The lowest BCUT2D eigenvalue weighted by Gasteiger charge is -2.14. The number of H-pyrrole nitrogens is 1. The molecule has 0 amide bonds. The number of nitrogens with zero attached hydrogens (tertiary/aromatic N) is 2. The Morgan fingerprint density at radius 1 is 1.31 bits per heavy atom. The molecule has 0 aliphatic carbocycles. The van der Waals surface area contributed by atoms with Crippen molar-refractivity contribution in [1.29, 1.82) is 0 Å². The number of aliphatic hydroxyl groups is 1. The number of hydrogen-bond donors (Lipinski definition) is 4. The van der Waals surface area contributed by atoms with Gasteiger partial charge in [-0.25, -0.2) is 4.98 Å². The average Bonchev–Trinajstić information content (AvgIpc) is 2.63. The Kier molecular flexibility index (Phi) is 4.79. The van der Waals surface area contributed by atoms with E-state index >= 15 is 0 Å². The molecule has 1 aromatic heterocycles. The highest BCUT2D eigenvalue weighted by atomic mass is 35.5. The van der Waals surface area contributed by atoms with Gasteiger partial charge < -0.3 is 25.1 Å². The van der Waals surface area contributed by atoms with Crippen LogP contribution in [0.5, 0.6) is 11.5 Å². The summed E-state index contributed by atoms with van der Waals surface area (Å²) in [6.45, 7) is 0. The Morgan fingerprint density at radius 2 is 2.08 bits per heavy atom. The molecule has 1 heterocycles. The quantitative estimate of drug-likeness (QED) is 0.314. The van der Waals surface area contributed by atoms with E-state index in [-0.39, 0.29) is 28.5 Å². The van der Waals surface area contributed by atoms with E-state index in [1.54, 1.807) is 12.1 Å². The van der Waals surface area contributed by atoms with Gasteiger partial charge in [0.2, 0.25) is 0 Å². The number of methoxy groups -OCH3 is 1. The summed E-state index contributed by atoms with van der Waals surface area (Å²) in [6, 6.07) is 8.79. The maximum Gasteiger partial charge on any atom is 0.276 e. The Labute approximate surface area is 152 Å². The molecule has 0 aliphatic rings. The zero-order valence-corrected chi connectivity index (χ0v) is 14.2. The first kappa shape index (κ1) is 17.7. The number of fused-ring (bicyclic) bond motifs is 1. The molecule has 0 unspecified atom stereocenters. The van der Waals surface area contributed by atoms with Crippen LogP contribution in [0.2, 0.25) is 5.02 Å². The summed E-state index contributed by atoms with van der Waals surface area (Å²) in [5, 5.41) is 33.0. The molecule has 0 bridgehead atoms. The summed E-state index contributed by atoms with van der Waals surface area (Å²) >= 11 is 5.89. The van der Waals surface area contributed by atoms with E-state index in [1.165, 1.54) is 31.4 Å². The van der Waals surface area contributed by atoms with Gasteiger partial charge in [0.25, 0.3) is 5.56 Å². The van der Waals surface area contributed by atoms with Gasteiger partial charge in [-0.15, -0.1) is 0 Å². The van der Waals surface area contributed by atoms with Gasteiger partial charge in [0.05, 0.1) is 18.1 Å². The van der Waals surface area contributed by atoms with Gasteiger partial charge in [-0.1, -0.05) is 22.8 Å². The number of rotatable bonds is 4. The van der Waals surface area contributed by atoms with Crippen LogP contribution < -0.4 is 10.3 Å². The third-order valence-electron chi connectivity index (χ3n) is 3.78. The lowest BCUT2D eigenvalue weighted by atomic mass is 10.0. The molecule has 2 aromatic carbocycles. The number of halogens is 1. The van der Waals surface area contributed by atoms with Crippen LogP contribution in [0.4, 0.5) is 0 Å². The highest BCUT2D eigenvalue weighted by molar-refractivity contribution is 6.31. The molecular formula is C17H14ClN3O5. The second kappa shape index (κ2) is 7.03. The zero-order valence-electron chi connectivity index (χ0n) is 13.5. The molecule has 134 valence electrons. The Bertz CT molecular complexity index is 1060. The molecule has 0 fully saturated rings. The van der Waals surface area contributed by atoms with Crippen molar-refractivity contribution >= 4 is 28.3 Å². The second-order valence-electron chi connectivity index (χ2n) is 5.40. The maximum absolute atomic E-state index is 12.3. The lowest BCUT2D eigenvalue weighted by molar-refractivity contribution is 0.234. The minimum absolute atomic E-state index is 0.119. The Hall–Kier alpha value is -3.10. The molecule has 1 atom stereocenters. The van der Waals surface area contributed by atoms with Crippen molar-refractivity contribution in [3.63, 3.8) is 0 Å². The molecule has 0 saturated heterocycles. The van der Waals surface area contributed by atoms with Crippen LogP contribution in [-0.4, -0.2) is 38.2 Å². The van der Waals surface area contributed by atoms with Crippen LogP contribution in [0.1, 0.15) is 17.4 Å². The summed E-state index contributed by atoms with van der Waals surface area (Å²) in [4.78, 5) is 19.1. The molecule has 0 saturated carbocycles. The van der Waals surface area contributed by atoms with Crippen LogP contribution in [0.25, 0.3) is 11.0 Å². The van der Waals surface area contributed by atoms with E-state index < -0.39 is 11.7 Å². The first-order chi connectivity index (χ1) is 12.4. The minimum atomic E-state index is -1.48. The fraction of sp³-hybridized carbons (Fsp3) is 0.118. The van der Waals surface area contributed by atoms with E-state index in [0.717, 1.165) is 0 Å². The lowest BCUT2D eigenvalue weighted by Crippen LogP contribution is -2.25. The predicted octanol–water partition coefficient (Wildman–Crippen LogP) is 2.20. The zero-order chi connectivity index (χ0) is 18.8. The topological polar surface area (TPSA) is 128 Å². The number of nitrogens with one attached hydrogen (secondary N) is 1. The number of aliphatic hydroxyl groups excluding tert-OH is 1. The highest BCUT2D eigenvalue weighted by Gasteiger charge is 2.24. The maximum atomic E-state index is 12.3. The van der Waals surface area contributed by atoms with Crippen molar-refractivity contribution in [2.24, 2.45) is 5.16 Å². The first-order valence-corrected chi connectivity index (χ1v) is 7.79. The van der Waals surface area contributed by atoms with E-state index in [0.29, 0.717) is 16.1 Å². The average molecular weight is 376 g/mol. The van der Waals surface area contributed by atoms with Crippen molar-refractivity contribution < 1.29 is 20.2 Å². The smallest absolute Gasteiger partial charge is 0.276 e. The standard InChI is InChI=1S/C17H14ClN3O5/c1-26-13-6-8(2-5-12(13)22)16(23)14(21-25)15-17(24)20-11-7-9(18)3-4-10(11)19-15/h2-7,16,22-23,25H,1H3,(H,20,24)/b21-14+/t16-/m1/s1. The molecule has 9 heteroatoms. The fourth-order valence-corrected chi connectivity index (χ4v) is 2.66. The molecule has 8 nitrogen and oxygen atoms in total. The number of hydrogen-bond acceptors (Lipinski definition) is 7. The number of aromatic nitrogens is 2. The second-order valence-corrected chi connectivity index (χ2v) is 5.83. The molecule has 3 aromatic rings. The minimum Gasteiger partial charge on any atom is -0.504 e. The Morgan fingerprint density at radius 3 is 2.77 bits per heavy atom. The van der Waals surface area contributed by atoms with Crippen molar-refractivity contribution in [3.8, 4) is 11.5 Å². The van der Waals surface area contributed by atoms with Gasteiger partial charge in [0.1, 0.15) is 11.8 Å². The van der Waals surface area contributed by atoms with Gasteiger partial charge in [0, 0.05) is 5.02 Å². The monoisotopic (exact) mass is 375 g/mol. The number of phenols is 1. The van der Waals surface area contributed by atoms with Crippen LogP contribution in [0.15, 0.2) is 46.3 Å². The van der Waals surface area contributed by atoms with Gasteiger partial charge in [-0.3, -0.25) is 4.79 Å². The summed E-state index contributed by atoms with van der Waals surface area (Å²) < 4.78 is 4.99. The largest absolute Gasteiger partial charge is 0.504 e. The van der Waals surface area contributed by atoms with Gasteiger partial charge in [0.15, 0.2) is 17.2 Å². The molecule has 0 radical (unpaired) electrons. The van der Waals surface area contributed by atoms with Crippen molar-refractivity contribution in [1.82, 2.24) is 9.97 Å². The van der Waals surface area contributed by atoms with Crippen molar-refractivity contribution in [2.45, 2.75) is 6.10 Å². The molecule has 0 aliphatic heterocycles. The van der Waals surface area contributed by atoms with Gasteiger partial charge >= 0.3 is 0 Å². The molecular weight excluding hydrogens is 362 g/mol. The number of aromatic hydroxyl groups is 1. The van der Waals surface area contributed by atoms with Crippen LogP contribution in [0.3, 0.4) is 0 Å². The number of benzene rings is 2. The van der Waals surface area contributed by atoms with Crippen molar-refractivity contribution in [2.75, 3.05) is 7.11 Å². The SMILES string of the molecule is COc1cc([C@@H](O)/C(=N/O)c2nc3ccc(Cl)cc3[nH]c2=O)ccc1O. The first-order valence-electron chi connectivity index (χ1n) is 7.41. The van der Waals surface area contributed by atoms with E-state index in [1.807, 2.05) is 0 Å². The third kappa shape index (κ3) is 3.19. The van der Waals surface area contributed by atoms with Gasteiger partial charge in [-0.2, -0.15) is 0 Å². The number of phenolic OH excluding ortho intramolecular Hbond substituents is 1. The summed E-state index contributed by atoms with van der Waals surface area (Å²) in [6.07, 6.45) is -1.48. The van der Waals surface area contributed by atoms with E-state index in [9.17, 15) is 20.2 Å².